The predicted molar refractivity (Wildman–Crippen MR) is 127 cm³/mol. The molecular formula is C24H31N3O5S. The molecule has 3 amide bonds. The molecule has 0 saturated carbocycles. The van der Waals surface area contributed by atoms with Gasteiger partial charge in [-0.2, -0.15) is 0 Å². The number of carbonyl (C=O) groups excluding carboxylic acids is 3. The van der Waals surface area contributed by atoms with Crippen LogP contribution in [0.5, 0.6) is 0 Å². The van der Waals surface area contributed by atoms with E-state index in [2.05, 4.69) is 10.6 Å². The van der Waals surface area contributed by atoms with Crippen molar-refractivity contribution in [2.24, 2.45) is 11.7 Å². The Bertz CT molecular complexity index is 942. The van der Waals surface area contributed by atoms with Crippen LogP contribution in [0, 0.1) is 5.92 Å². The monoisotopic (exact) mass is 473 g/mol. The predicted octanol–water partition coefficient (Wildman–Crippen LogP) is 2.71. The van der Waals surface area contributed by atoms with E-state index < -0.39 is 29.9 Å². The second-order valence-corrected chi connectivity index (χ2v) is 9.27. The molecule has 1 unspecified atom stereocenters. The van der Waals surface area contributed by atoms with Gasteiger partial charge in [-0.15, -0.1) is 11.3 Å². The summed E-state index contributed by atoms with van der Waals surface area (Å²) in [4.78, 5) is 49.0. The van der Waals surface area contributed by atoms with Gasteiger partial charge in [0.15, 0.2) is 0 Å². The number of aliphatic carboxylic acids is 1. The van der Waals surface area contributed by atoms with Crippen LogP contribution in [0.3, 0.4) is 0 Å². The van der Waals surface area contributed by atoms with Crippen molar-refractivity contribution in [3.63, 3.8) is 0 Å². The van der Waals surface area contributed by atoms with Crippen molar-refractivity contribution in [1.29, 1.82) is 0 Å². The molecule has 2 rings (SSSR count). The summed E-state index contributed by atoms with van der Waals surface area (Å²) in [6, 6.07) is 10.00. The molecule has 5 N–H and O–H groups in total. The number of primary amides is 1. The molecule has 8 nitrogen and oxygen atoms in total. The van der Waals surface area contributed by atoms with Crippen molar-refractivity contribution in [1.82, 2.24) is 10.6 Å². The summed E-state index contributed by atoms with van der Waals surface area (Å²) in [6.07, 6.45) is 0.577. The zero-order valence-corrected chi connectivity index (χ0v) is 19.7. The third-order valence-electron chi connectivity index (χ3n) is 5.07. The molecule has 0 aliphatic rings. The molecule has 0 spiro atoms. The Balaban J connectivity index is 1.95. The number of benzene rings is 1. The number of hydrogen-bond donors (Lipinski definition) is 4. The van der Waals surface area contributed by atoms with Gasteiger partial charge in [0.2, 0.25) is 17.7 Å². The molecule has 1 aromatic carbocycles. The molecule has 1 heterocycles. The number of carboxylic acids is 1. The van der Waals surface area contributed by atoms with Gasteiger partial charge in [-0.25, -0.2) is 0 Å². The van der Waals surface area contributed by atoms with Crippen molar-refractivity contribution >= 4 is 35.0 Å². The van der Waals surface area contributed by atoms with Crippen LogP contribution in [0.1, 0.15) is 45.1 Å². The largest absolute Gasteiger partial charge is 0.481 e. The fourth-order valence-corrected chi connectivity index (χ4v) is 4.06. The Morgan fingerprint density at radius 3 is 2.24 bits per heavy atom. The Morgan fingerprint density at radius 2 is 1.70 bits per heavy atom. The van der Waals surface area contributed by atoms with E-state index in [-0.39, 0.29) is 31.1 Å². The first kappa shape index (κ1) is 26.1. The lowest BCUT2D eigenvalue weighted by Gasteiger charge is -2.22. The minimum Gasteiger partial charge on any atom is -0.481 e. The highest BCUT2D eigenvalue weighted by Gasteiger charge is 2.26. The number of aryl methyl sites for hydroxylation is 1. The smallest absolute Gasteiger partial charge is 0.303 e. The van der Waals surface area contributed by atoms with E-state index in [1.54, 1.807) is 11.3 Å². The van der Waals surface area contributed by atoms with Gasteiger partial charge in [-0.05, 0) is 47.8 Å². The lowest BCUT2D eigenvalue weighted by molar-refractivity contribution is -0.138. The Kier molecular flexibility index (Phi) is 10.1. The number of rotatable bonds is 13. The summed E-state index contributed by atoms with van der Waals surface area (Å²) in [6.45, 7) is 3.78. The summed E-state index contributed by atoms with van der Waals surface area (Å²) >= 11 is 1.65. The first-order valence-electron chi connectivity index (χ1n) is 10.9. The zero-order chi connectivity index (χ0) is 24.4. The van der Waals surface area contributed by atoms with Crippen LogP contribution < -0.4 is 16.4 Å². The lowest BCUT2D eigenvalue weighted by atomic mass is 10.0. The van der Waals surface area contributed by atoms with Crippen LogP contribution in [0.25, 0.3) is 10.4 Å². The van der Waals surface area contributed by atoms with E-state index >= 15 is 0 Å². The number of hydrogen-bond acceptors (Lipinski definition) is 5. The summed E-state index contributed by atoms with van der Waals surface area (Å²) < 4.78 is 0. The maximum atomic E-state index is 12.7. The van der Waals surface area contributed by atoms with Crippen molar-refractivity contribution in [3.05, 3.63) is 47.3 Å². The fourth-order valence-electron chi connectivity index (χ4n) is 3.33. The third-order valence-corrected chi connectivity index (χ3v) is 5.98. The second kappa shape index (κ2) is 12.7. The van der Waals surface area contributed by atoms with Gasteiger partial charge in [0.25, 0.3) is 0 Å². The van der Waals surface area contributed by atoms with Crippen molar-refractivity contribution < 1.29 is 24.3 Å². The standard InChI is InChI=1S/C24H31N3O5S/c1-15(2)14-19(23(25)31)27-24(32)18(10-12-22(29)30)26-21(28)11-7-16-5-8-17(9-6-16)20-4-3-13-33-20/h3-6,8-9,13,15,18-19H,7,10-12,14H2,1-2H3,(H2,25,31)(H,26,28)(H,27,32)(H,29,30)/t18?,19-/m0/s1. The molecule has 2 aromatic rings. The first-order chi connectivity index (χ1) is 15.7. The summed E-state index contributed by atoms with van der Waals surface area (Å²) in [5.41, 5.74) is 7.46. The van der Waals surface area contributed by atoms with Crippen LogP contribution in [0.15, 0.2) is 41.8 Å². The van der Waals surface area contributed by atoms with Crippen molar-refractivity contribution in [2.75, 3.05) is 0 Å². The minimum atomic E-state index is -1.08. The SMILES string of the molecule is CC(C)C[C@H](NC(=O)C(CCC(=O)O)NC(=O)CCc1ccc(-c2cccs2)cc1)C(N)=O. The van der Waals surface area contributed by atoms with Gasteiger partial charge in [0.05, 0.1) is 0 Å². The van der Waals surface area contributed by atoms with Crippen molar-refractivity contribution in [3.8, 4) is 10.4 Å². The zero-order valence-electron chi connectivity index (χ0n) is 18.9. The number of carbonyl (C=O) groups is 4. The molecule has 33 heavy (non-hydrogen) atoms. The molecule has 0 aliphatic heterocycles. The van der Waals surface area contributed by atoms with E-state index in [0.29, 0.717) is 12.8 Å². The molecule has 178 valence electrons. The molecular weight excluding hydrogens is 442 g/mol. The Hall–Kier alpha value is -3.20. The average molecular weight is 474 g/mol. The number of thiophene rings is 1. The van der Waals surface area contributed by atoms with Crippen LogP contribution in [-0.2, 0) is 25.6 Å². The highest BCUT2D eigenvalue weighted by molar-refractivity contribution is 7.13. The molecule has 2 atom stereocenters. The van der Waals surface area contributed by atoms with E-state index in [1.807, 2.05) is 55.6 Å². The maximum Gasteiger partial charge on any atom is 0.303 e. The molecule has 0 saturated heterocycles. The van der Waals surface area contributed by atoms with E-state index in [9.17, 15) is 19.2 Å². The summed E-state index contributed by atoms with van der Waals surface area (Å²) in [5.74, 6) is -2.63. The first-order valence-corrected chi connectivity index (χ1v) is 11.8. The number of nitrogens with two attached hydrogens (primary N) is 1. The molecule has 1 aromatic heterocycles. The quantitative estimate of drug-likeness (QED) is 0.354. The topological polar surface area (TPSA) is 139 Å². The van der Waals surface area contributed by atoms with Crippen LogP contribution in [-0.4, -0.2) is 40.9 Å². The minimum absolute atomic E-state index is 0.0877. The van der Waals surface area contributed by atoms with Gasteiger partial charge in [0, 0.05) is 17.7 Å². The highest BCUT2D eigenvalue weighted by atomic mass is 32.1. The van der Waals surface area contributed by atoms with Gasteiger partial charge in [-0.3, -0.25) is 19.2 Å². The third kappa shape index (κ3) is 9.05. The van der Waals surface area contributed by atoms with E-state index in [1.165, 1.54) is 4.88 Å². The van der Waals surface area contributed by atoms with E-state index in [4.69, 9.17) is 10.8 Å². The average Bonchev–Trinajstić information content (AvgIpc) is 3.29. The number of nitrogens with one attached hydrogen (secondary N) is 2. The maximum absolute atomic E-state index is 12.7. The molecule has 0 aliphatic carbocycles. The Morgan fingerprint density at radius 1 is 1.00 bits per heavy atom. The van der Waals surface area contributed by atoms with E-state index in [0.717, 1.165) is 11.1 Å². The van der Waals surface area contributed by atoms with Crippen LogP contribution >= 0.6 is 11.3 Å². The van der Waals surface area contributed by atoms with Crippen molar-refractivity contribution in [2.45, 2.75) is 58.0 Å². The molecule has 0 radical (unpaired) electrons. The van der Waals surface area contributed by atoms with Gasteiger partial charge in [-0.1, -0.05) is 44.2 Å². The molecule has 0 fully saturated rings. The van der Waals surface area contributed by atoms with Gasteiger partial charge < -0.3 is 21.5 Å². The summed E-state index contributed by atoms with van der Waals surface area (Å²) in [5, 5.41) is 16.2. The van der Waals surface area contributed by atoms with Gasteiger partial charge in [0.1, 0.15) is 12.1 Å². The molecule has 9 heteroatoms. The normalized spacial score (nSPS) is 12.7. The summed E-state index contributed by atoms with van der Waals surface area (Å²) in [7, 11) is 0. The highest BCUT2D eigenvalue weighted by Crippen LogP contribution is 2.24. The van der Waals surface area contributed by atoms with Crippen LogP contribution in [0.2, 0.25) is 0 Å². The van der Waals surface area contributed by atoms with Crippen LogP contribution in [0.4, 0.5) is 0 Å². The molecule has 0 bridgehead atoms. The second-order valence-electron chi connectivity index (χ2n) is 8.32. The fraction of sp³-hybridized carbons (Fsp3) is 0.417. The number of carboxylic acid groups (broad SMARTS) is 1. The van der Waals surface area contributed by atoms with Gasteiger partial charge >= 0.3 is 5.97 Å². The lowest BCUT2D eigenvalue weighted by Crippen LogP contribution is -2.53. The Labute approximate surface area is 197 Å². The number of amides is 3.